The number of hydrogen-bond donors (Lipinski definition) is 1. The third kappa shape index (κ3) is 2.62. The van der Waals surface area contributed by atoms with Crippen LogP contribution in [0.4, 0.5) is 5.82 Å². The van der Waals surface area contributed by atoms with Crippen LogP contribution in [-0.2, 0) is 6.42 Å². The summed E-state index contributed by atoms with van der Waals surface area (Å²) in [6.07, 6.45) is 5.74. The van der Waals surface area contributed by atoms with Crippen LogP contribution in [0.3, 0.4) is 0 Å². The van der Waals surface area contributed by atoms with E-state index in [4.69, 9.17) is 5.73 Å². The van der Waals surface area contributed by atoms with Gasteiger partial charge in [0.25, 0.3) is 0 Å². The standard InChI is InChI=1S/C14H18N6S/c1-2-11-16-10(15)7-12(17-11)21-14-19-18-13(8-3-4-8)20(14)9-5-6-9/h7-9H,2-6H2,1H3,(H2,15,16,17). The molecule has 2 aliphatic rings. The number of nitrogens with two attached hydrogens (primary N) is 1. The second-order valence-electron chi connectivity index (χ2n) is 5.72. The van der Waals surface area contributed by atoms with Gasteiger partial charge in [-0.2, -0.15) is 0 Å². The van der Waals surface area contributed by atoms with Gasteiger partial charge in [0.2, 0.25) is 0 Å². The quantitative estimate of drug-likeness (QED) is 0.855. The van der Waals surface area contributed by atoms with Gasteiger partial charge in [-0.05, 0) is 37.4 Å². The molecule has 21 heavy (non-hydrogen) atoms. The zero-order valence-corrected chi connectivity index (χ0v) is 12.8. The van der Waals surface area contributed by atoms with Crippen LogP contribution < -0.4 is 5.73 Å². The Labute approximate surface area is 127 Å². The number of nitrogen functional groups attached to an aromatic ring is 1. The summed E-state index contributed by atoms with van der Waals surface area (Å²) in [4.78, 5) is 8.75. The van der Waals surface area contributed by atoms with Gasteiger partial charge in [-0.3, -0.25) is 0 Å². The first-order chi connectivity index (χ1) is 10.2. The molecule has 2 fully saturated rings. The predicted octanol–water partition coefficient (Wildman–Crippen LogP) is 2.58. The highest BCUT2D eigenvalue weighted by molar-refractivity contribution is 7.99. The SMILES string of the molecule is CCc1nc(N)cc(Sc2nnc(C3CC3)n2C2CC2)n1. The molecule has 2 saturated carbocycles. The molecule has 2 aromatic rings. The molecule has 2 N–H and O–H groups in total. The molecule has 2 aliphatic carbocycles. The molecule has 0 saturated heterocycles. The molecule has 110 valence electrons. The van der Waals surface area contributed by atoms with Gasteiger partial charge < -0.3 is 10.3 Å². The van der Waals surface area contributed by atoms with Crippen LogP contribution in [0.2, 0.25) is 0 Å². The number of aromatic nitrogens is 5. The fourth-order valence-corrected chi connectivity index (χ4v) is 3.39. The van der Waals surface area contributed by atoms with Gasteiger partial charge in [0.15, 0.2) is 5.16 Å². The Morgan fingerprint density at radius 2 is 2.05 bits per heavy atom. The lowest BCUT2D eigenvalue weighted by atomic mass is 10.4. The second kappa shape index (κ2) is 4.98. The van der Waals surface area contributed by atoms with E-state index in [1.165, 1.54) is 25.7 Å². The Balaban J connectivity index is 1.66. The predicted molar refractivity (Wildman–Crippen MR) is 80.2 cm³/mol. The molecule has 2 aromatic heterocycles. The van der Waals surface area contributed by atoms with Crippen molar-refractivity contribution < 1.29 is 0 Å². The van der Waals surface area contributed by atoms with Crippen LogP contribution in [0.1, 0.15) is 56.2 Å². The second-order valence-corrected chi connectivity index (χ2v) is 6.71. The molecule has 0 atom stereocenters. The summed E-state index contributed by atoms with van der Waals surface area (Å²) >= 11 is 1.55. The first-order valence-corrected chi connectivity index (χ1v) is 8.32. The molecule has 0 radical (unpaired) electrons. The molecule has 2 heterocycles. The van der Waals surface area contributed by atoms with Crippen molar-refractivity contribution in [1.29, 1.82) is 0 Å². The van der Waals surface area contributed by atoms with Crippen molar-refractivity contribution in [1.82, 2.24) is 24.7 Å². The van der Waals surface area contributed by atoms with E-state index in [0.717, 1.165) is 28.3 Å². The van der Waals surface area contributed by atoms with Gasteiger partial charge in [-0.15, -0.1) is 10.2 Å². The minimum atomic E-state index is 0.518. The molecular formula is C14H18N6S. The number of anilines is 1. The fourth-order valence-electron chi connectivity index (χ4n) is 2.45. The van der Waals surface area contributed by atoms with Crippen molar-refractivity contribution in [2.75, 3.05) is 5.73 Å². The van der Waals surface area contributed by atoms with Crippen molar-refractivity contribution in [2.24, 2.45) is 0 Å². The Bertz CT molecular complexity index is 674. The first-order valence-electron chi connectivity index (χ1n) is 7.50. The minimum Gasteiger partial charge on any atom is -0.384 e. The maximum Gasteiger partial charge on any atom is 0.197 e. The van der Waals surface area contributed by atoms with Gasteiger partial charge in [0.1, 0.15) is 22.5 Å². The van der Waals surface area contributed by atoms with E-state index in [1.807, 2.05) is 13.0 Å². The van der Waals surface area contributed by atoms with Crippen molar-refractivity contribution in [3.05, 3.63) is 17.7 Å². The van der Waals surface area contributed by atoms with E-state index in [0.29, 0.717) is 17.8 Å². The normalized spacial score (nSPS) is 18.1. The van der Waals surface area contributed by atoms with Crippen LogP contribution in [0.15, 0.2) is 16.2 Å². The van der Waals surface area contributed by atoms with Crippen LogP contribution >= 0.6 is 11.8 Å². The molecule has 0 amide bonds. The van der Waals surface area contributed by atoms with Crippen LogP contribution in [0.25, 0.3) is 0 Å². The molecule has 0 spiro atoms. The minimum absolute atomic E-state index is 0.518. The maximum absolute atomic E-state index is 5.85. The third-order valence-corrected chi connectivity index (χ3v) is 4.71. The van der Waals surface area contributed by atoms with Crippen molar-refractivity contribution in [3.63, 3.8) is 0 Å². The Hall–Kier alpha value is -1.63. The topological polar surface area (TPSA) is 82.5 Å². The highest BCUT2D eigenvalue weighted by atomic mass is 32.2. The lowest BCUT2D eigenvalue weighted by Crippen LogP contribution is -2.03. The van der Waals surface area contributed by atoms with Gasteiger partial charge in [0, 0.05) is 24.4 Å². The molecule has 0 unspecified atom stereocenters. The number of rotatable bonds is 5. The third-order valence-electron chi connectivity index (χ3n) is 3.83. The summed E-state index contributed by atoms with van der Waals surface area (Å²) in [5.41, 5.74) is 5.85. The Morgan fingerprint density at radius 1 is 1.24 bits per heavy atom. The smallest absolute Gasteiger partial charge is 0.197 e. The van der Waals surface area contributed by atoms with Crippen LogP contribution in [0, 0.1) is 0 Å². The van der Waals surface area contributed by atoms with Crippen molar-refractivity contribution >= 4 is 17.6 Å². The fraction of sp³-hybridized carbons (Fsp3) is 0.571. The number of hydrogen-bond acceptors (Lipinski definition) is 6. The van der Waals surface area contributed by atoms with E-state index in [9.17, 15) is 0 Å². The summed E-state index contributed by atoms with van der Waals surface area (Å²) in [5, 5.41) is 10.6. The Morgan fingerprint density at radius 3 is 2.71 bits per heavy atom. The molecule has 4 rings (SSSR count). The summed E-state index contributed by atoms with van der Waals surface area (Å²) in [6.45, 7) is 2.03. The van der Waals surface area contributed by atoms with Gasteiger partial charge >= 0.3 is 0 Å². The van der Waals surface area contributed by atoms with E-state index in [2.05, 4.69) is 24.7 Å². The lowest BCUT2D eigenvalue weighted by Gasteiger charge is -2.08. The van der Waals surface area contributed by atoms with Crippen molar-refractivity contribution in [2.45, 2.75) is 61.2 Å². The summed E-state index contributed by atoms with van der Waals surface area (Å²) in [5.74, 6) is 3.08. The average Bonchev–Trinajstić information content (AvgIpc) is 3.37. The van der Waals surface area contributed by atoms with Gasteiger partial charge in [-0.1, -0.05) is 6.92 Å². The van der Waals surface area contributed by atoms with Crippen LogP contribution in [0.5, 0.6) is 0 Å². The van der Waals surface area contributed by atoms with Gasteiger partial charge in [-0.25, -0.2) is 9.97 Å². The van der Waals surface area contributed by atoms with Crippen LogP contribution in [-0.4, -0.2) is 24.7 Å². The van der Waals surface area contributed by atoms with Crippen molar-refractivity contribution in [3.8, 4) is 0 Å². The largest absolute Gasteiger partial charge is 0.384 e. The monoisotopic (exact) mass is 302 g/mol. The molecule has 0 bridgehead atoms. The summed E-state index contributed by atoms with van der Waals surface area (Å²) in [7, 11) is 0. The average molecular weight is 302 g/mol. The highest BCUT2D eigenvalue weighted by Crippen LogP contribution is 2.46. The summed E-state index contributed by atoms with van der Waals surface area (Å²) in [6, 6.07) is 2.40. The van der Waals surface area contributed by atoms with E-state index in [1.54, 1.807) is 11.8 Å². The number of aryl methyl sites for hydroxylation is 1. The van der Waals surface area contributed by atoms with Gasteiger partial charge in [0.05, 0.1) is 0 Å². The number of nitrogens with zero attached hydrogens (tertiary/aromatic N) is 5. The highest BCUT2D eigenvalue weighted by Gasteiger charge is 2.36. The molecule has 7 heteroatoms. The Kier molecular flexibility index (Phi) is 3.10. The van der Waals surface area contributed by atoms with E-state index >= 15 is 0 Å². The molecular weight excluding hydrogens is 284 g/mol. The first kappa shape index (κ1) is 13.1. The zero-order chi connectivity index (χ0) is 14.4. The molecule has 6 nitrogen and oxygen atoms in total. The molecule has 0 aliphatic heterocycles. The summed E-state index contributed by atoms with van der Waals surface area (Å²) < 4.78 is 2.33. The van der Waals surface area contributed by atoms with E-state index < -0.39 is 0 Å². The van der Waals surface area contributed by atoms with E-state index in [-0.39, 0.29) is 0 Å². The lowest BCUT2D eigenvalue weighted by molar-refractivity contribution is 0.626. The zero-order valence-electron chi connectivity index (χ0n) is 12.0. The molecule has 0 aromatic carbocycles. The maximum atomic E-state index is 5.85.